The number of aromatic nitrogens is 1. The molecule has 0 spiro atoms. The molecule has 0 saturated heterocycles. The van der Waals surface area contributed by atoms with Gasteiger partial charge in [0.2, 0.25) is 0 Å². The minimum Gasteiger partial charge on any atom is -0.507 e. The van der Waals surface area contributed by atoms with Crippen LogP contribution < -0.4 is 5.32 Å². The van der Waals surface area contributed by atoms with Gasteiger partial charge in [-0.2, -0.15) is 0 Å². The highest BCUT2D eigenvalue weighted by atomic mass is 32.1. The zero-order chi connectivity index (χ0) is 26.3. The van der Waals surface area contributed by atoms with E-state index in [1.54, 1.807) is 47.7 Å². The second-order valence-electron chi connectivity index (χ2n) is 8.31. The lowest BCUT2D eigenvalue weighted by atomic mass is 10.2. The van der Waals surface area contributed by atoms with Crippen molar-refractivity contribution in [2.45, 2.75) is 6.04 Å². The number of amides is 1. The number of phenols is 1. The van der Waals surface area contributed by atoms with Gasteiger partial charge in [-0.1, -0.05) is 30.3 Å². The zero-order valence-electron chi connectivity index (χ0n) is 20.1. The quantitative estimate of drug-likeness (QED) is 0.235. The van der Waals surface area contributed by atoms with Gasteiger partial charge in [0, 0.05) is 34.8 Å². The lowest BCUT2D eigenvalue weighted by Crippen LogP contribution is -2.29. The maximum Gasteiger partial charge on any atom is 0.251 e. The summed E-state index contributed by atoms with van der Waals surface area (Å²) in [6.45, 7) is 0.0256. The molecule has 1 heterocycles. The molecule has 0 fully saturated rings. The number of phenolic OH excluding ortho intramolecular Hbond substituents is 1. The third-order valence-corrected chi connectivity index (χ3v) is 6.73. The molecule has 8 heteroatoms. The molecule has 5 rings (SSSR count). The Kier molecular flexibility index (Phi) is 7.39. The van der Waals surface area contributed by atoms with Gasteiger partial charge in [0.25, 0.3) is 5.91 Å². The maximum atomic E-state index is 13.2. The van der Waals surface area contributed by atoms with Crippen LogP contribution in [0.4, 0.5) is 5.69 Å². The maximum absolute atomic E-state index is 13.2. The predicted molar refractivity (Wildman–Crippen MR) is 151 cm³/mol. The second kappa shape index (κ2) is 11.4. The van der Waals surface area contributed by atoms with Crippen LogP contribution in [0.2, 0.25) is 0 Å². The van der Waals surface area contributed by atoms with E-state index in [2.05, 4.69) is 32.4 Å². The van der Waals surface area contributed by atoms with Crippen molar-refractivity contribution in [3.05, 3.63) is 108 Å². The SMILES string of the molecule is O=C(Nc1ccc(-c2nc3ccccc3s2)cc1)C(C/N=C/c1ccc#cc1O)/N=C/c1ccccc1O. The Morgan fingerprint density at radius 1 is 0.974 bits per heavy atom. The largest absolute Gasteiger partial charge is 0.507 e. The number of hydrogen-bond donors (Lipinski definition) is 3. The molecule has 0 saturated carbocycles. The number of para-hydroxylation sites is 2. The fourth-order valence-electron chi connectivity index (χ4n) is 3.63. The Morgan fingerprint density at radius 2 is 1.76 bits per heavy atom. The van der Waals surface area contributed by atoms with Crippen molar-refractivity contribution in [1.29, 1.82) is 0 Å². The number of rotatable bonds is 8. The number of thiazole rings is 1. The van der Waals surface area contributed by atoms with Crippen molar-refractivity contribution < 1.29 is 15.0 Å². The van der Waals surface area contributed by atoms with Crippen molar-refractivity contribution in [2.75, 3.05) is 11.9 Å². The molecular weight excluding hydrogens is 496 g/mol. The topological polar surface area (TPSA) is 107 Å². The van der Waals surface area contributed by atoms with Crippen molar-refractivity contribution in [2.24, 2.45) is 9.98 Å². The number of benzene rings is 3. The van der Waals surface area contributed by atoms with Crippen LogP contribution in [0.15, 0.2) is 94.9 Å². The first-order chi connectivity index (χ1) is 18.6. The lowest BCUT2D eigenvalue weighted by Gasteiger charge is -2.12. The van der Waals surface area contributed by atoms with E-state index < -0.39 is 6.04 Å². The van der Waals surface area contributed by atoms with Crippen LogP contribution in [-0.4, -0.2) is 46.1 Å². The standard InChI is InChI=1S/C30H22N4O3S/c35-26-10-4-1-7-21(26)17-31-19-25(32-18-22-8-2-5-11-27(22)36)29(37)33-23-15-13-20(14-16-23)30-34-24-9-3-6-12-28(24)38-30/h1-3,5-9,11-18,25,35-36H,19H2,(H,33,37)/b31-17+,32-18+. The Bertz CT molecular complexity index is 1590. The number of aliphatic imine (C=N–C) groups is 2. The van der Waals surface area contributed by atoms with Crippen LogP contribution in [0.3, 0.4) is 0 Å². The molecule has 1 aromatic heterocycles. The normalized spacial score (nSPS) is 12.1. The molecule has 7 nitrogen and oxygen atoms in total. The molecule has 1 atom stereocenters. The molecule has 1 amide bonds. The number of carbonyl (C=O) groups excluding carboxylic acids is 1. The number of nitrogens with one attached hydrogen (secondary N) is 1. The fraction of sp³-hybridized carbons (Fsp3) is 0.0667. The fourth-order valence-corrected chi connectivity index (χ4v) is 4.60. The molecule has 4 aromatic carbocycles. The molecular formula is C30H22N4O3S. The van der Waals surface area contributed by atoms with Gasteiger partial charge in [0.05, 0.1) is 16.8 Å². The molecule has 186 valence electrons. The minimum atomic E-state index is -0.879. The Hall–Kier alpha value is -5.00. The molecule has 0 bridgehead atoms. The molecule has 0 radical (unpaired) electrons. The van der Waals surface area contributed by atoms with Crippen molar-refractivity contribution in [3.8, 4) is 22.1 Å². The summed E-state index contributed by atoms with van der Waals surface area (Å²) in [6.07, 6.45) is 2.91. The summed E-state index contributed by atoms with van der Waals surface area (Å²) in [5, 5.41) is 23.7. The summed E-state index contributed by atoms with van der Waals surface area (Å²) in [6, 6.07) is 29.8. The second-order valence-corrected chi connectivity index (χ2v) is 9.34. The first kappa shape index (κ1) is 24.7. The molecule has 1 unspecified atom stereocenters. The number of carbonyl (C=O) groups is 1. The number of hydrogen-bond acceptors (Lipinski definition) is 7. The molecule has 3 N–H and O–H groups in total. The van der Waals surface area contributed by atoms with Gasteiger partial charge in [-0.3, -0.25) is 14.8 Å². The number of anilines is 1. The van der Waals surface area contributed by atoms with Gasteiger partial charge in [-0.05, 0) is 66.7 Å². The zero-order valence-corrected chi connectivity index (χ0v) is 20.9. The van der Waals surface area contributed by atoms with Gasteiger partial charge >= 0.3 is 0 Å². The predicted octanol–water partition coefficient (Wildman–Crippen LogP) is 5.52. The Labute approximate surface area is 223 Å². The number of fused-ring (bicyclic) bond motifs is 1. The van der Waals surface area contributed by atoms with E-state index in [9.17, 15) is 15.0 Å². The summed E-state index contributed by atoms with van der Waals surface area (Å²) in [4.78, 5) is 26.6. The van der Waals surface area contributed by atoms with E-state index in [0.29, 0.717) is 16.8 Å². The highest BCUT2D eigenvalue weighted by Crippen LogP contribution is 2.30. The molecule has 0 aliphatic rings. The van der Waals surface area contributed by atoms with E-state index >= 15 is 0 Å². The van der Waals surface area contributed by atoms with Gasteiger partial charge in [-0.25, -0.2) is 4.98 Å². The van der Waals surface area contributed by atoms with Gasteiger partial charge in [-0.15, -0.1) is 11.3 Å². The van der Waals surface area contributed by atoms with Crippen molar-refractivity contribution in [3.63, 3.8) is 0 Å². The summed E-state index contributed by atoms with van der Waals surface area (Å²) < 4.78 is 1.12. The smallest absolute Gasteiger partial charge is 0.251 e. The molecule has 0 aliphatic heterocycles. The van der Waals surface area contributed by atoms with Crippen LogP contribution >= 0.6 is 11.3 Å². The first-order valence-electron chi connectivity index (χ1n) is 11.8. The summed E-state index contributed by atoms with van der Waals surface area (Å²) in [5.41, 5.74) is 3.46. The van der Waals surface area contributed by atoms with Gasteiger partial charge in [0.15, 0.2) is 5.75 Å². The number of nitrogens with zero attached hydrogens (tertiary/aromatic N) is 3. The van der Waals surface area contributed by atoms with Crippen LogP contribution in [0, 0.1) is 12.1 Å². The van der Waals surface area contributed by atoms with Gasteiger partial charge in [0.1, 0.15) is 16.8 Å². The van der Waals surface area contributed by atoms with E-state index in [1.807, 2.05) is 48.5 Å². The Balaban J connectivity index is 1.32. The van der Waals surface area contributed by atoms with Crippen LogP contribution in [0.1, 0.15) is 11.1 Å². The third kappa shape index (κ3) is 5.86. The third-order valence-electron chi connectivity index (χ3n) is 5.65. The number of aromatic hydroxyl groups is 2. The molecule has 5 aromatic rings. The van der Waals surface area contributed by atoms with Gasteiger partial charge < -0.3 is 15.5 Å². The van der Waals surface area contributed by atoms with Crippen LogP contribution in [0.5, 0.6) is 11.5 Å². The average Bonchev–Trinajstić information content (AvgIpc) is 3.37. The Morgan fingerprint density at radius 3 is 2.55 bits per heavy atom. The van der Waals surface area contributed by atoms with Crippen LogP contribution in [-0.2, 0) is 4.79 Å². The summed E-state index contributed by atoms with van der Waals surface area (Å²) >= 11 is 1.61. The van der Waals surface area contributed by atoms with E-state index in [0.717, 1.165) is 20.8 Å². The van der Waals surface area contributed by atoms with Crippen molar-refractivity contribution in [1.82, 2.24) is 4.98 Å². The lowest BCUT2D eigenvalue weighted by molar-refractivity contribution is -0.117. The highest BCUT2D eigenvalue weighted by molar-refractivity contribution is 7.21. The first-order valence-corrected chi connectivity index (χ1v) is 12.6. The minimum absolute atomic E-state index is 0.0256. The highest BCUT2D eigenvalue weighted by Gasteiger charge is 2.17. The van der Waals surface area contributed by atoms with Crippen LogP contribution in [0.25, 0.3) is 20.8 Å². The monoisotopic (exact) mass is 518 g/mol. The molecule has 0 aliphatic carbocycles. The van der Waals surface area contributed by atoms with E-state index in [-0.39, 0.29) is 24.0 Å². The average molecular weight is 519 g/mol. The van der Waals surface area contributed by atoms with E-state index in [1.165, 1.54) is 12.4 Å². The summed E-state index contributed by atoms with van der Waals surface area (Å²) in [5.74, 6) is -0.382. The van der Waals surface area contributed by atoms with Crippen molar-refractivity contribution >= 4 is 45.6 Å². The summed E-state index contributed by atoms with van der Waals surface area (Å²) in [7, 11) is 0. The molecule has 38 heavy (non-hydrogen) atoms. The van der Waals surface area contributed by atoms with E-state index in [4.69, 9.17) is 0 Å².